The maximum absolute atomic E-state index is 11.8. The lowest BCUT2D eigenvalue weighted by molar-refractivity contribution is 0.373. The molecule has 2 aromatic rings. The predicted octanol–water partition coefficient (Wildman–Crippen LogP) is 2.06. The highest BCUT2D eigenvalue weighted by Crippen LogP contribution is 2.25. The van der Waals surface area contributed by atoms with Gasteiger partial charge in [0.25, 0.3) is 5.56 Å². The van der Waals surface area contributed by atoms with Crippen molar-refractivity contribution < 1.29 is 9.84 Å². The van der Waals surface area contributed by atoms with E-state index in [1.54, 1.807) is 12.1 Å². The van der Waals surface area contributed by atoms with Crippen LogP contribution in [0.2, 0.25) is 0 Å². The van der Waals surface area contributed by atoms with E-state index in [2.05, 4.69) is 5.10 Å². The van der Waals surface area contributed by atoms with Crippen LogP contribution in [-0.4, -0.2) is 23.1 Å². The molecule has 1 aromatic carbocycles. The highest BCUT2D eigenvalue weighted by molar-refractivity contribution is 5.80. The molecular formula is C15H16N2O3. The maximum atomic E-state index is 11.8. The summed E-state index contributed by atoms with van der Waals surface area (Å²) in [7, 11) is 1.48. The summed E-state index contributed by atoms with van der Waals surface area (Å²) in [5, 5.41) is 13.8. The minimum Gasteiger partial charge on any atom is -0.504 e. The van der Waals surface area contributed by atoms with Gasteiger partial charge < -0.3 is 9.84 Å². The van der Waals surface area contributed by atoms with Crippen molar-refractivity contribution in [1.82, 2.24) is 4.68 Å². The van der Waals surface area contributed by atoms with E-state index in [9.17, 15) is 9.90 Å². The molecule has 0 aliphatic heterocycles. The Bertz CT molecular complexity index is 718. The van der Waals surface area contributed by atoms with Gasteiger partial charge >= 0.3 is 0 Å². The third-order valence-electron chi connectivity index (χ3n) is 2.86. The number of pyridine rings is 1. The number of phenolic OH excluding ortho intramolecular Hbond substituents is 1. The summed E-state index contributed by atoms with van der Waals surface area (Å²) >= 11 is 0. The van der Waals surface area contributed by atoms with Gasteiger partial charge in [-0.25, -0.2) is 4.68 Å². The van der Waals surface area contributed by atoms with Crippen molar-refractivity contribution in [3.63, 3.8) is 0 Å². The van der Waals surface area contributed by atoms with Crippen molar-refractivity contribution >= 4 is 6.21 Å². The van der Waals surface area contributed by atoms with E-state index in [1.807, 2.05) is 19.9 Å². The van der Waals surface area contributed by atoms with Crippen LogP contribution in [-0.2, 0) is 0 Å². The Kier molecular flexibility index (Phi) is 3.89. The van der Waals surface area contributed by atoms with Crippen molar-refractivity contribution in [2.45, 2.75) is 13.8 Å². The van der Waals surface area contributed by atoms with Gasteiger partial charge in [0.15, 0.2) is 11.5 Å². The first-order valence-corrected chi connectivity index (χ1v) is 6.13. The SMILES string of the molecule is COc1ccc(/C=N/n2c(C)cc(C)cc2=O)cc1O. The molecular weight excluding hydrogens is 256 g/mol. The van der Waals surface area contributed by atoms with Gasteiger partial charge in [0.05, 0.1) is 13.3 Å². The molecule has 0 atom stereocenters. The molecule has 20 heavy (non-hydrogen) atoms. The van der Waals surface area contributed by atoms with E-state index in [0.29, 0.717) is 11.3 Å². The number of rotatable bonds is 3. The van der Waals surface area contributed by atoms with Crippen molar-refractivity contribution in [3.05, 3.63) is 57.5 Å². The summed E-state index contributed by atoms with van der Waals surface area (Å²) in [6, 6.07) is 8.31. The monoisotopic (exact) mass is 272 g/mol. The first-order valence-electron chi connectivity index (χ1n) is 6.13. The molecule has 1 N–H and O–H groups in total. The molecule has 5 heteroatoms. The average molecular weight is 272 g/mol. The molecule has 0 spiro atoms. The van der Waals surface area contributed by atoms with Crippen LogP contribution in [0.15, 0.2) is 40.2 Å². The van der Waals surface area contributed by atoms with Gasteiger partial charge in [0, 0.05) is 11.8 Å². The third-order valence-corrected chi connectivity index (χ3v) is 2.86. The third kappa shape index (κ3) is 2.88. The number of aromatic nitrogens is 1. The fraction of sp³-hybridized carbons (Fsp3) is 0.200. The van der Waals surface area contributed by atoms with Crippen LogP contribution in [0.3, 0.4) is 0 Å². The molecule has 0 amide bonds. The molecule has 0 radical (unpaired) electrons. The molecule has 5 nitrogen and oxygen atoms in total. The van der Waals surface area contributed by atoms with Crippen molar-refractivity contribution in [1.29, 1.82) is 0 Å². The van der Waals surface area contributed by atoms with E-state index in [1.165, 1.54) is 30.1 Å². The van der Waals surface area contributed by atoms with E-state index in [4.69, 9.17) is 4.74 Å². The molecule has 0 aliphatic rings. The van der Waals surface area contributed by atoms with Gasteiger partial charge in [-0.3, -0.25) is 4.79 Å². The van der Waals surface area contributed by atoms with Crippen molar-refractivity contribution in [3.8, 4) is 11.5 Å². The fourth-order valence-electron chi connectivity index (χ4n) is 1.92. The lowest BCUT2D eigenvalue weighted by Gasteiger charge is -2.05. The number of methoxy groups -OCH3 is 1. The molecule has 0 saturated carbocycles. The Hall–Kier alpha value is -2.56. The number of aromatic hydroxyl groups is 1. The van der Waals surface area contributed by atoms with Crippen LogP contribution >= 0.6 is 0 Å². The van der Waals surface area contributed by atoms with Gasteiger partial charge in [-0.1, -0.05) is 0 Å². The van der Waals surface area contributed by atoms with Crippen molar-refractivity contribution in [2.75, 3.05) is 7.11 Å². The van der Waals surface area contributed by atoms with Gasteiger partial charge in [0.1, 0.15) is 0 Å². The standard InChI is InChI=1S/C15H16N2O3/c1-10-6-11(2)17(15(19)7-10)16-9-12-4-5-14(20-3)13(18)8-12/h4-9,18H,1-3H3/b16-9+. The molecule has 0 bridgehead atoms. The Morgan fingerprint density at radius 3 is 2.60 bits per heavy atom. The number of benzene rings is 1. The molecule has 0 aliphatic carbocycles. The Balaban J connectivity index is 2.35. The van der Waals surface area contributed by atoms with Crippen LogP contribution in [0.4, 0.5) is 0 Å². The highest BCUT2D eigenvalue weighted by Gasteiger charge is 2.02. The molecule has 104 valence electrons. The summed E-state index contributed by atoms with van der Waals surface area (Å²) < 4.78 is 6.28. The number of hydrogen-bond acceptors (Lipinski definition) is 4. The molecule has 2 rings (SSSR count). The second kappa shape index (κ2) is 5.61. The Labute approximate surface area is 116 Å². The van der Waals surface area contributed by atoms with Crippen LogP contribution in [0, 0.1) is 13.8 Å². The smallest absolute Gasteiger partial charge is 0.271 e. The summed E-state index contributed by atoms with van der Waals surface area (Å²) in [6.45, 7) is 3.68. The molecule has 0 unspecified atom stereocenters. The van der Waals surface area contributed by atoms with Crippen LogP contribution in [0.1, 0.15) is 16.8 Å². The summed E-state index contributed by atoms with van der Waals surface area (Å²) in [6.07, 6.45) is 1.52. The minimum absolute atomic E-state index is 0.0319. The zero-order valence-corrected chi connectivity index (χ0v) is 11.6. The quantitative estimate of drug-likeness (QED) is 0.870. The predicted molar refractivity (Wildman–Crippen MR) is 77.8 cm³/mol. The van der Waals surface area contributed by atoms with Gasteiger partial charge in [-0.2, -0.15) is 5.10 Å². The van der Waals surface area contributed by atoms with Gasteiger partial charge in [-0.15, -0.1) is 0 Å². The minimum atomic E-state index is -0.184. The first kappa shape index (κ1) is 13.9. The van der Waals surface area contributed by atoms with Crippen LogP contribution in [0.5, 0.6) is 11.5 Å². The number of aryl methyl sites for hydroxylation is 2. The maximum Gasteiger partial charge on any atom is 0.271 e. The lowest BCUT2D eigenvalue weighted by atomic mass is 10.2. The number of nitrogens with zero attached hydrogens (tertiary/aromatic N) is 2. The summed E-state index contributed by atoms with van der Waals surface area (Å²) in [5.41, 5.74) is 2.15. The zero-order valence-electron chi connectivity index (χ0n) is 11.6. The molecule has 1 aromatic heterocycles. The topological polar surface area (TPSA) is 63.8 Å². The number of ether oxygens (including phenoxy) is 1. The lowest BCUT2D eigenvalue weighted by Crippen LogP contribution is -2.18. The summed E-state index contributed by atoms with van der Waals surface area (Å²) in [4.78, 5) is 11.8. The number of phenols is 1. The Morgan fingerprint density at radius 2 is 2.00 bits per heavy atom. The van der Waals surface area contributed by atoms with Gasteiger partial charge in [0.2, 0.25) is 0 Å². The number of hydrogen-bond donors (Lipinski definition) is 1. The zero-order chi connectivity index (χ0) is 14.7. The molecule has 0 fully saturated rings. The molecule has 0 saturated heterocycles. The van der Waals surface area contributed by atoms with E-state index >= 15 is 0 Å². The average Bonchev–Trinajstić information content (AvgIpc) is 2.37. The molecule has 1 heterocycles. The fourth-order valence-corrected chi connectivity index (χ4v) is 1.92. The largest absolute Gasteiger partial charge is 0.504 e. The second-order valence-electron chi connectivity index (χ2n) is 4.50. The van der Waals surface area contributed by atoms with Gasteiger partial charge in [-0.05, 0) is 49.2 Å². The van der Waals surface area contributed by atoms with Crippen LogP contribution in [0.25, 0.3) is 0 Å². The van der Waals surface area contributed by atoms with Crippen LogP contribution < -0.4 is 10.3 Å². The highest BCUT2D eigenvalue weighted by atomic mass is 16.5. The first-order chi connectivity index (χ1) is 9.51. The van der Waals surface area contributed by atoms with E-state index in [0.717, 1.165) is 11.3 Å². The second-order valence-corrected chi connectivity index (χ2v) is 4.50. The normalized spacial score (nSPS) is 10.9. The Morgan fingerprint density at radius 1 is 1.25 bits per heavy atom. The summed E-state index contributed by atoms with van der Waals surface area (Å²) in [5.74, 6) is 0.426. The van der Waals surface area contributed by atoms with E-state index in [-0.39, 0.29) is 11.3 Å². The van der Waals surface area contributed by atoms with E-state index < -0.39 is 0 Å². The van der Waals surface area contributed by atoms with Crippen molar-refractivity contribution in [2.24, 2.45) is 5.10 Å².